The Morgan fingerprint density at radius 3 is 2.45 bits per heavy atom. The molecule has 7 heteroatoms. The SMILES string of the molecule is Cc1nc2ccccc2n1-c1ccc(NC(=O)Nc2cc(C(C)(C)C)on2)cc1. The summed E-state index contributed by atoms with van der Waals surface area (Å²) in [5.41, 5.74) is 3.48. The molecule has 0 saturated carbocycles. The predicted octanol–water partition coefficient (Wildman–Crippen LogP) is 5.26. The number of urea groups is 1. The van der Waals surface area contributed by atoms with Crippen molar-refractivity contribution < 1.29 is 9.32 Å². The second-order valence-corrected chi connectivity index (χ2v) is 7.94. The monoisotopic (exact) mass is 389 g/mol. The zero-order valence-corrected chi connectivity index (χ0v) is 16.9. The summed E-state index contributed by atoms with van der Waals surface area (Å²) < 4.78 is 7.37. The van der Waals surface area contributed by atoms with Crippen LogP contribution in [0.25, 0.3) is 16.7 Å². The van der Waals surface area contributed by atoms with Crippen LogP contribution < -0.4 is 10.6 Å². The molecule has 0 aliphatic rings. The molecular formula is C22H23N5O2. The van der Waals surface area contributed by atoms with Crippen LogP contribution in [0.3, 0.4) is 0 Å². The van der Waals surface area contributed by atoms with Crippen LogP contribution in [0.5, 0.6) is 0 Å². The number of aromatic nitrogens is 3. The highest BCUT2D eigenvalue weighted by molar-refractivity contribution is 5.99. The van der Waals surface area contributed by atoms with E-state index >= 15 is 0 Å². The number of fused-ring (bicyclic) bond motifs is 1. The zero-order chi connectivity index (χ0) is 20.6. The number of carbonyl (C=O) groups is 1. The summed E-state index contributed by atoms with van der Waals surface area (Å²) in [7, 11) is 0. The van der Waals surface area contributed by atoms with Gasteiger partial charge in [0.05, 0.1) is 11.0 Å². The van der Waals surface area contributed by atoms with Gasteiger partial charge >= 0.3 is 6.03 Å². The van der Waals surface area contributed by atoms with E-state index in [0.717, 1.165) is 22.5 Å². The van der Waals surface area contributed by atoms with Crippen LogP contribution >= 0.6 is 0 Å². The van der Waals surface area contributed by atoms with Crippen molar-refractivity contribution in [1.29, 1.82) is 0 Å². The number of hydrogen-bond donors (Lipinski definition) is 2. The Balaban J connectivity index is 1.47. The van der Waals surface area contributed by atoms with Crippen LogP contribution in [0, 0.1) is 6.92 Å². The first-order valence-corrected chi connectivity index (χ1v) is 9.41. The Kier molecular flexibility index (Phi) is 4.58. The van der Waals surface area contributed by atoms with Gasteiger partial charge in [-0.05, 0) is 43.3 Å². The fourth-order valence-electron chi connectivity index (χ4n) is 3.13. The van der Waals surface area contributed by atoms with Gasteiger partial charge in [0.25, 0.3) is 0 Å². The van der Waals surface area contributed by atoms with E-state index in [9.17, 15) is 4.79 Å². The van der Waals surface area contributed by atoms with E-state index < -0.39 is 0 Å². The summed E-state index contributed by atoms with van der Waals surface area (Å²) in [5, 5.41) is 9.39. The first-order chi connectivity index (χ1) is 13.8. The van der Waals surface area contributed by atoms with Crippen LogP contribution in [-0.4, -0.2) is 20.7 Å². The van der Waals surface area contributed by atoms with Crippen molar-refractivity contribution in [2.24, 2.45) is 0 Å². The molecule has 0 fully saturated rings. The van der Waals surface area contributed by atoms with Crippen LogP contribution in [0.4, 0.5) is 16.3 Å². The molecule has 148 valence electrons. The second kappa shape index (κ2) is 7.09. The van der Waals surface area contributed by atoms with Crippen molar-refractivity contribution in [2.45, 2.75) is 33.1 Å². The van der Waals surface area contributed by atoms with Crippen molar-refractivity contribution >= 4 is 28.6 Å². The van der Waals surface area contributed by atoms with Gasteiger partial charge in [0, 0.05) is 22.9 Å². The molecule has 0 aliphatic heterocycles. The Morgan fingerprint density at radius 1 is 1.03 bits per heavy atom. The third kappa shape index (κ3) is 3.85. The Bertz CT molecular complexity index is 1170. The molecule has 0 atom stereocenters. The lowest BCUT2D eigenvalue weighted by Crippen LogP contribution is -2.19. The average Bonchev–Trinajstić information content (AvgIpc) is 3.26. The Morgan fingerprint density at radius 2 is 1.76 bits per heavy atom. The zero-order valence-electron chi connectivity index (χ0n) is 16.9. The molecule has 2 N–H and O–H groups in total. The van der Waals surface area contributed by atoms with E-state index in [4.69, 9.17) is 4.52 Å². The minimum atomic E-state index is -0.379. The third-order valence-electron chi connectivity index (χ3n) is 4.60. The van der Waals surface area contributed by atoms with Crippen LogP contribution in [-0.2, 0) is 5.41 Å². The predicted molar refractivity (Wildman–Crippen MR) is 114 cm³/mol. The van der Waals surface area contributed by atoms with E-state index in [1.54, 1.807) is 6.07 Å². The molecule has 2 amide bonds. The van der Waals surface area contributed by atoms with E-state index in [-0.39, 0.29) is 11.4 Å². The minimum Gasteiger partial charge on any atom is -0.359 e. The number of anilines is 2. The number of carbonyl (C=O) groups excluding carboxylic acids is 1. The molecule has 0 spiro atoms. The first kappa shape index (κ1) is 18.7. The van der Waals surface area contributed by atoms with Gasteiger partial charge in [0.1, 0.15) is 11.6 Å². The lowest BCUT2D eigenvalue weighted by molar-refractivity contribution is 0.262. The molecule has 2 aromatic carbocycles. The van der Waals surface area contributed by atoms with E-state index in [1.165, 1.54) is 0 Å². The third-order valence-corrected chi connectivity index (χ3v) is 4.60. The molecular weight excluding hydrogens is 366 g/mol. The van der Waals surface area contributed by atoms with Crippen molar-refractivity contribution in [3.63, 3.8) is 0 Å². The topological polar surface area (TPSA) is 85.0 Å². The van der Waals surface area contributed by atoms with Crippen molar-refractivity contribution in [3.05, 3.63) is 66.2 Å². The van der Waals surface area contributed by atoms with Crippen LogP contribution in [0.1, 0.15) is 32.4 Å². The molecule has 0 unspecified atom stereocenters. The summed E-state index contributed by atoms with van der Waals surface area (Å²) >= 11 is 0. The maximum absolute atomic E-state index is 12.3. The summed E-state index contributed by atoms with van der Waals surface area (Å²) in [6.45, 7) is 8.03. The van der Waals surface area contributed by atoms with Gasteiger partial charge in [-0.1, -0.05) is 38.1 Å². The smallest absolute Gasteiger partial charge is 0.324 e. The second-order valence-electron chi connectivity index (χ2n) is 7.94. The molecule has 0 radical (unpaired) electrons. The molecule has 4 rings (SSSR count). The van der Waals surface area contributed by atoms with Gasteiger partial charge < -0.3 is 9.84 Å². The fourth-order valence-corrected chi connectivity index (χ4v) is 3.13. The number of rotatable bonds is 3. The largest absolute Gasteiger partial charge is 0.359 e. The molecule has 2 aromatic heterocycles. The van der Waals surface area contributed by atoms with Crippen molar-refractivity contribution in [1.82, 2.24) is 14.7 Å². The highest BCUT2D eigenvalue weighted by Gasteiger charge is 2.20. The summed E-state index contributed by atoms with van der Waals surface area (Å²) in [5.74, 6) is 2.00. The van der Waals surface area contributed by atoms with E-state index in [2.05, 4.69) is 25.3 Å². The van der Waals surface area contributed by atoms with Crippen LogP contribution in [0.2, 0.25) is 0 Å². The van der Waals surface area contributed by atoms with E-state index in [1.807, 2.05) is 76.2 Å². The maximum atomic E-state index is 12.3. The van der Waals surface area contributed by atoms with Gasteiger partial charge in [0.2, 0.25) is 0 Å². The molecule has 4 aromatic rings. The average molecular weight is 389 g/mol. The Labute approximate surface area is 168 Å². The van der Waals surface area contributed by atoms with Gasteiger partial charge in [-0.2, -0.15) is 0 Å². The molecule has 2 heterocycles. The minimum absolute atomic E-state index is 0.172. The summed E-state index contributed by atoms with van der Waals surface area (Å²) in [6, 6.07) is 17.0. The summed E-state index contributed by atoms with van der Waals surface area (Å²) in [4.78, 5) is 16.9. The van der Waals surface area contributed by atoms with Gasteiger partial charge in [0.15, 0.2) is 5.82 Å². The van der Waals surface area contributed by atoms with Gasteiger partial charge in [-0.25, -0.2) is 9.78 Å². The highest BCUT2D eigenvalue weighted by atomic mass is 16.5. The number of imidazole rings is 1. The number of amides is 2. The van der Waals surface area contributed by atoms with Crippen molar-refractivity contribution in [3.8, 4) is 5.69 Å². The molecule has 7 nitrogen and oxygen atoms in total. The molecule has 0 saturated heterocycles. The van der Waals surface area contributed by atoms with Gasteiger partial charge in [-0.15, -0.1) is 0 Å². The van der Waals surface area contributed by atoms with Crippen LogP contribution in [0.15, 0.2) is 59.1 Å². The molecule has 0 aliphatic carbocycles. The number of nitrogens with zero attached hydrogens (tertiary/aromatic N) is 3. The number of nitrogens with one attached hydrogen (secondary N) is 2. The Hall–Kier alpha value is -3.61. The fraction of sp³-hybridized carbons (Fsp3) is 0.227. The lowest BCUT2D eigenvalue weighted by atomic mass is 9.93. The maximum Gasteiger partial charge on any atom is 0.324 e. The number of hydrogen-bond acceptors (Lipinski definition) is 4. The van der Waals surface area contributed by atoms with Crippen molar-refractivity contribution in [2.75, 3.05) is 10.6 Å². The quantitative estimate of drug-likeness (QED) is 0.500. The normalized spacial score (nSPS) is 11.6. The number of benzene rings is 2. The highest BCUT2D eigenvalue weighted by Crippen LogP contribution is 2.25. The molecule has 29 heavy (non-hydrogen) atoms. The van der Waals surface area contributed by atoms with E-state index in [0.29, 0.717) is 17.3 Å². The van der Waals surface area contributed by atoms with Gasteiger partial charge in [-0.3, -0.25) is 9.88 Å². The molecule has 0 bridgehead atoms. The first-order valence-electron chi connectivity index (χ1n) is 9.41. The number of aryl methyl sites for hydroxylation is 1. The summed E-state index contributed by atoms with van der Waals surface area (Å²) in [6.07, 6.45) is 0. The standard InChI is InChI=1S/C22H23N5O2/c1-14-23-17-7-5-6-8-18(17)27(14)16-11-9-15(10-12-16)24-21(28)25-20-13-19(29-26-20)22(2,3)4/h5-13H,1-4H3,(H2,24,25,26,28). The lowest BCUT2D eigenvalue weighted by Gasteiger charge is -2.12. The number of para-hydroxylation sites is 2.